The van der Waals surface area contributed by atoms with Gasteiger partial charge in [-0.05, 0) is 12.5 Å². The summed E-state index contributed by atoms with van der Waals surface area (Å²) in [5.74, 6) is 1.20. The van der Waals surface area contributed by atoms with Gasteiger partial charge in [0.05, 0.1) is 0 Å². The summed E-state index contributed by atoms with van der Waals surface area (Å²) in [6.45, 7) is 0.938. The molecular weight excluding hydrogens is 166 g/mol. The van der Waals surface area contributed by atoms with Crippen molar-refractivity contribution in [2.24, 2.45) is 0 Å². The number of carbonyl (C=O) groups is 1. The molecule has 0 radical (unpaired) electrons. The molecule has 0 N–H and O–H groups in total. The number of rotatable bonds is 3. The van der Waals surface area contributed by atoms with E-state index in [9.17, 15) is 13.6 Å². The molecule has 0 aliphatic rings. The van der Waals surface area contributed by atoms with Crippen LogP contribution in [0.5, 0.6) is 0 Å². The van der Waals surface area contributed by atoms with Crippen LogP contribution in [0.15, 0.2) is 11.6 Å². The van der Waals surface area contributed by atoms with Gasteiger partial charge < -0.3 is 4.74 Å². The van der Waals surface area contributed by atoms with E-state index in [1.54, 1.807) is 0 Å². The lowest BCUT2D eigenvalue weighted by molar-refractivity contribution is -0.136. The van der Waals surface area contributed by atoms with E-state index in [2.05, 4.69) is 4.74 Å². The van der Waals surface area contributed by atoms with Gasteiger partial charge >= 0.3 is 5.97 Å². The Bertz CT molecular complexity index is 226. The SMILES string of the molecule is C#CCOC(=O)/C=C(\C)C(F)F. The molecule has 0 fully saturated rings. The van der Waals surface area contributed by atoms with Crippen molar-refractivity contribution in [2.75, 3.05) is 6.61 Å². The number of ether oxygens (including phenoxy) is 1. The van der Waals surface area contributed by atoms with Crippen molar-refractivity contribution in [3.8, 4) is 12.3 Å². The molecule has 0 atom stereocenters. The summed E-state index contributed by atoms with van der Waals surface area (Å²) >= 11 is 0. The van der Waals surface area contributed by atoms with Gasteiger partial charge in [0.2, 0.25) is 0 Å². The average Bonchev–Trinajstić information content (AvgIpc) is 2.00. The van der Waals surface area contributed by atoms with Crippen LogP contribution in [0.4, 0.5) is 8.78 Å². The number of alkyl halides is 2. The fourth-order valence-corrected chi connectivity index (χ4v) is 0.403. The highest BCUT2D eigenvalue weighted by Crippen LogP contribution is 2.06. The van der Waals surface area contributed by atoms with E-state index in [0.29, 0.717) is 0 Å². The van der Waals surface area contributed by atoms with E-state index in [1.165, 1.54) is 0 Å². The zero-order valence-corrected chi connectivity index (χ0v) is 6.51. The molecule has 2 nitrogen and oxygen atoms in total. The summed E-state index contributed by atoms with van der Waals surface area (Å²) in [5, 5.41) is 0. The van der Waals surface area contributed by atoms with Gasteiger partial charge in [-0.1, -0.05) is 5.92 Å². The van der Waals surface area contributed by atoms with E-state index in [0.717, 1.165) is 13.0 Å². The van der Waals surface area contributed by atoms with Crippen LogP contribution in [-0.2, 0) is 9.53 Å². The maximum atomic E-state index is 11.8. The second-order valence-electron chi connectivity index (χ2n) is 2.00. The fraction of sp³-hybridized carbons (Fsp3) is 0.375. The van der Waals surface area contributed by atoms with Crippen LogP contribution >= 0.6 is 0 Å². The monoisotopic (exact) mass is 174 g/mol. The fourth-order valence-electron chi connectivity index (χ4n) is 0.403. The van der Waals surface area contributed by atoms with Crippen molar-refractivity contribution in [2.45, 2.75) is 13.3 Å². The Labute approximate surface area is 69.2 Å². The van der Waals surface area contributed by atoms with Gasteiger partial charge in [0, 0.05) is 6.08 Å². The Morgan fingerprint density at radius 3 is 2.75 bits per heavy atom. The lowest BCUT2D eigenvalue weighted by atomic mass is 10.3. The van der Waals surface area contributed by atoms with Crippen molar-refractivity contribution < 1.29 is 18.3 Å². The largest absolute Gasteiger partial charge is 0.449 e. The van der Waals surface area contributed by atoms with Gasteiger partial charge in [0.1, 0.15) is 0 Å². The van der Waals surface area contributed by atoms with Crippen LogP contribution in [0.1, 0.15) is 6.92 Å². The maximum Gasteiger partial charge on any atom is 0.331 e. The molecule has 66 valence electrons. The molecule has 0 rings (SSSR count). The van der Waals surface area contributed by atoms with Crippen molar-refractivity contribution in [3.63, 3.8) is 0 Å². The topological polar surface area (TPSA) is 26.3 Å². The van der Waals surface area contributed by atoms with Gasteiger partial charge in [0.15, 0.2) is 6.61 Å². The predicted molar refractivity (Wildman–Crippen MR) is 39.6 cm³/mol. The van der Waals surface area contributed by atoms with E-state index in [4.69, 9.17) is 6.42 Å². The van der Waals surface area contributed by atoms with Crippen LogP contribution in [-0.4, -0.2) is 19.0 Å². The first-order valence-corrected chi connectivity index (χ1v) is 3.14. The summed E-state index contributed by atoms with van der Waals surface area (Å²) in [7, 11) is 0. The third kappa shape index (κ3) is 4.45. The minimum absolute atomic E-state index is 0.203. The molecule has 0 bridgehead atoms. The zero-order chi connectivity index (χ0) is 9.56. The number of halogens is 2. The van der Waals surface area contributed by atoms with Gasteiger partial charge in [-0.3, -0.25) is 0 Å². The van der Waals surface area contributed by atoms with E-state index < -0.39 is 12.4 Å². The Hall–Kier alpha value is -1.37. The molecule has 0 amide bonds. The normalized spacial score (nSPS) is 11.1. The highest BCUT2D eigenvalue weighted by atomic mass is 19.3. The molecule has 0 saturated carbocycles. The van der Waals surface area contributed by atoms with Crippen molar-refractivity contribution in [1.82, 2.24) is 0 Å². The summed E-state index contributed by atoms with van der Waals surface area (Å²) in [6.07, 6.45) is 2.86. The molecule has 0 aromatic heterocycles. The molecule has 0 unspecified atom stereocenters. The van der Waals surface area contributed by atoms with Gasteiger partial charge in [-0.2, -0.15) is 0 Å². The van der Waals surface area contributed by atoms with Crippen LogP contribution in [0.2, 0.25) is 0 Å². The van der Waals surface area contributed by atoms with Crippen LogP contribution < -0.4 is 0 Å². The second-order valence-corrected chi connectivity index (χ2v) is 2.00. The molecule has 0 saturated heterocycles. The average molecular weight is 174 g/mol. The highest BCUT2D eigenvalue weighted by Gasteiger charge is 2.07. The Morgan fingerprint density at radius 2 is 2.33 bits per heavy atom. The standard InChI is InChI=1S/C8H8F2O2/c1-3-4-12-7(11)5-6(2)8(9)10/h1,5,8H,4H2,2H3/b6-5+. The molecule has 0 aliphatic heterocycles. The summed E-state index contributed by atoms with van der Waals surface area (Å²) in [4.78, 5) is 10.6. The Balaban J connectivity index is 3.99. The maximum absolute atomic E-state index is 11.8. The first-order valence-electron chi connectivity index (χ1n) is 3.14. The number of hydrogen-bond donors (Lipinski definition) is 0. The first-order chi connectivity index (χ1) is 5.57. The van der Waals surface area contributed by atoms with Crippen LogP contribution in [0.25, 0.3) is 0 Å². The third-order valence-corrected chi connectivity index (χ3v) is 0.987. The second kappa shape index (κ2) is 5.30. The molecule has 0 heterocycles. The highest BCUT2D eigenvalue weighted by molar-refractivity contribution is 5.82. The van der Waals surface area contributed by atoms with Gasteiger partial charge in [0.25, 0.3) is 6.43 Å². The molecular formula is C8H8F2O2. The molecule has 12 heavy (non-hydrogen) atoms. The number of hydrogen-bond acceptors (Lipinski definition) is 2. The lowest BCUT2D eigenvalue weighted by Crippen LogP contribution is -2.03. The minimum atomic E-state index is -2.64. The number of esters is 1. The molecule has 0 aromatic carbocycles. The smallest absolute Gasteiger partial charge is 0.331 e. The zero-order valence-electron chi connectivity index (χ0n) is 6.51. The molecule has 0 aromatic rings. The van der Waals surface area contributed by atoms with Crippen molar-refractivity contribution >= 4 is 5.97 Å². The Kier molecular flexibility index (Phi) is 4.70. The summed E-state index contributed by atoms with van der Waals surface area (Å²) in [5.41, 5.74) is -0.336. The van der Waals surface area contributed by atoms with Crippen molar-refractivity contribution in [1.29, 1.82) is 0 Å². The summed E-state index contributed by atoms with van der Waals surface area (Å²) in [6, 6.07) is 0. The van der Waals surface area contributed by atoms with E-state index in [-0.39, 0.29) is 12.2 Å². The first kappa shape index (κ1) is 10.6. The molecule has 0 aliphatic carbocycles. The molecule has 4 heteroatoms. The minimum Gasteiger partial charge on any atom is -0.449 e. The quantitative estimate of drug-likeness (QED) is 0.367. The van der Waals surface area contributed by atoms with Crippen LogP contribution in [0, 0.1) is 12.3 Å². The lowest BCUT2D eigenvalue weighted by Gasteiger charge is -1.98. The molecule has 0 spiro atoms. The Morgan fingerprint density at radius 1 is 1.75 bits per heavy atom. The van der Waals surface area contributed by atoms with E-state index >= 15 is 0 Å². The third-order valence-electron chi connectivity index (χ3n) is 0.987. The predicted octanol–water partition coefficient (Wildman–Crippen LogP) is 1.37. The number of carbonyl (C=O) groups excluding carboxylic acids is 1. The van der Waals surface area contributed by atoms with E-state index in [1.807, 2.05) is 5.92 Å². The van der Waals surface area contributed by atoms with Crippen LogP contribution in [0.3, 0.4) is 0 Å². The number of allylic oxidation sites excluding steroid dienone is 1. The summed E-state index contributed by atoms with van der Waals surface area (Å²) < 4.78 is 27.9. The number of terminal acetylenes is 1. The van der Waals surface area contributed by atoms with Crippen molar-refractivity contribution in [3.05, 3.63) is 11.6 Å². The van der Waals surface area contributed by atoms with Gasteiger partial charge in [-0.15, -0.1) is 6.42 Å². The van der Waals surface area contributed by atoms with Gasteiger partial charge in [-0.25, -0.2) is 13.6 Å².